The van der Waals surface area contributed by atoms with E-state index < -0.39 is 0 Å². The Hall–Kier alpha value is -0.120. The number of hydrogen-bond acceptors (Lipinski definition) is 3. The van der Waals surface area contributed by atoms with Gasteiger partial charge in [0.1, 0.15) is 0 Å². The number of ether oxygens (including phenoxy) is 1. The van der Waals surface area contributed by atoms with Crippen LogP contribution in [0.5, 0.6) is 0 Å². The monoisotopic (exact) mass is 300 g/mol. The van der Waals surface area contributed by atoms with Gasteiger partial charge in [-0.2, -0.15) is 0 Å². The number of rotatable bonds is 10. The molecule has 0 radical (unpaired) electrons. The summed E-state index contributed by atoms with van der Waals surface area (Å²) in [5.74, 6) is 0. The molecule has 2 N–H and O–H groups in total. The Balaban J connectivity index is 2.12. The lowest BCUT2D eigenvalue weighted by Crippen LogP contribution is -2.18. The van der Waals surface area contributed by atoms with Crippen LogP contribution < -0.4 is 0 Å². The fourth-order valence-electron chi connectivity index (χ4n) is 2.98. The van der Waals surface area contributed by atoms with E-state index in [4.69, 9.17) is 4.74 Å². The van der Waals surface area contributed by atoms with Crippen LogP contribution in [0.1, 0.15) is 79.1 Å². The highest BCUT2D eigenvalue weighted by molar-refractivity contribution is 4.76. The van der Waals surface area contributed by atoms with Crippen molar-refractivity contribution in [3.63, 3.8) is 0 Å². The molecular weight excluding hydrogens is 264 g/mol. The van der Waals surface area contributed by atoms with Crippen molar-refractivity contribution < 1.29 is 14.9 Å². The molecule has 0 unspecified atom stereocenters. The van der Waals surface area contributed by atoms with Gasteiger partial charge in [0.25, 0.3) is 0 Å². The lowest BCUT2D eigenvalue weighted by atomic mass is 9.87. The summed E-state index contributed by atoms with van der Waals surface area (Å²) in [6, 6.07) is 0. The van der Waals surface area contributed by atoms with Crippen LogP contribution in [0.15, 0.2) is 0 Å². The summed E-state index contributed by atoms with van der Waals surface area (Å²) in [7, 11) is 0. The van der Waals surface area contributed by atoms with Gasteiger partial charge in [-0.25, -0.2) is 0 Å². The molecule has 0 amide bonds. The largest absolute Gasteiger partial charge is 0.396 e. The second-order valence-corrected chi connectivity index (χ2v) is 8.39. The molecule has 0 aromatic rings. The Bertz CT molecular complexity index is 258. The van der Waals surface area contributed by atoms with Crippen molar-refractivity contribution >= 4 is 0 Å². The lowest BCUT2D eigenvalue weighted by Gasteiger charge is -2.23. The van der Waals surface area contributed by atoms with Crippen molar-refractivity contribution in [2.24, 2.45) is 10.8 Å². The maximum Gasteiger partial charge on any atom is 0.0579 e. The average molecular weight is 300 g/mol. The minimum atomic E-state index is 0.0495. The maximum absolute atomic E-state index is 9.26. The molecule has 1 saturated heterocycles. The molecule has 1 rings (SSSR count). The summed E-state index contributed by atoms with van der Waals surface area (Å²) in [5.41, 5.74) is 0.0990. The molecule has 1 aliphatic rings. The summed E-state index contributed by atoms with van der Waals surface area (Å²) < 4.78 is 6.13. The van der Waals surface area contributed by atoms with Gasteiger partial charge < -0.3 is 14.9 Å². The van der Waals surface area contributed by atoms with Crippen LogP contribution in [-0.2, 0) is 4.74 Å². The van der Waals surface area contributed by atoms with E-state index in [1.54, 1.807) is 0 Å². The van der Waals surface area contributed by atoms with Crippen molar-refractivity contribution in [3.8, 4) is 0 Å². The van der Waals surface area contributed by atoms with Gasteiger partial charge in [0.05, 0.1) is 12.2 Å². The average Bonchev–Trinajstić information content (AvgIpc) is 2.86. The van der Waals surface area contributed by atoms with E-state index in [0.29, 0.717) is 12.2 Å². The molecular formula is C18H36O3. The zero-order valence-electron chi connectivity index (χ0n) is 14.5. The topological polar surface area (TPSA) is 49.7 Å². The molecule has 21 heavy (non-hydrogen) atoms. The van der Waals surface area contributed by atoms with Crippen molar-refractivity contribution in [1.82, 2.24) is 0 Å². The molecule has 0 aromatic heterocycles. The van der Waals surface area contributed by atoms with E-state index in [1.165, 1.54) is 12.8 Å². The van der Waals surface area contributed by atoms with E-state index in [9.17, 15) is 10.2 Å². The van der Waals surface area contributed by atoms with Crippen LogP contribution in [0.25, 0.3) is 0 Å². The van der Waals surface area contributed by atoms with Gasteiger partial charge in [-0.3, -0.25) is 0 Å². The Labute approximate surface area is 131 Å². The van der Waals surface area contributed by atoms with Crippen LogP contribution >= 0.6 is 0 Å². The Morgan fingerprint density at radius 3 is 1.52 bits per heavy atom. The minimum Gasteiger partial charge on any atom is -0.396 e. The van der Waals surface area contributed by atoms with E-state index in [1.807, 2.05) is 0 Å². The third kappa shape index (κ3) is 7.62. The standard InChI is InChI=1S/C18H36O3/c1-17(2,13-19)11-5-7-15-9-10-16(21-15)8-6-12-18(3,4)14-20/h15-16,19-20H,5-14H2,1-4H3/t15-,16-/m0/s1. The van der Waals surface area contributed by atoms with Crippen LogP contribution in [0.2, 0.25) is 0 Å². The predicted molar refractivity (Wildman–Crippen MR) is 87.3 cm³/mol. The molecule has 3 nitrogen and oxygen atoms in total. The second-order valence-electron chi connectivity index (χ2n) is 8.39. The first kappa shape index (κ1) is 18.9. The van der Waals surface area contributed by atoms with Crippen molar-refractivity contribution in [2.75, 3.05) is 13.2 Å². The molecule has 0 aliphatic carbocycles. The van der Waals surface area contributed by atoms with Gasteiger partial charge in [0, 0.05) is 13.2 Å². The van der Waals surface area contributed by atoms with Crippen LogP contribution in [0.4, 0.5) is 0 Å². The smallest absolute Gasteiger partial charge is 0.0579 e. The number of aliphatic hydroxyl groups excluding tert-OH is 2. The Morgan fingerprint density at radius 2 is 1.19 bits per heavy atom. The highest BCUT2D eigenvalue weighted by Crippen LogP contribution is 2.31. The van der Waals surface area contributed by atoms with Crippen LogP contribution in [0, 0.1) is 10.8 Å². The fourth-order valence-corrected chi connectivity index (χ4v) is 2.98. The lowest BCUT2D eigenvalue weighted by molar-refractivity contribution is 0.0284. The second kappa shape index (κ2) is 8.50. The molecule has 1 aliphatic heterocycles. The van der Waals surface area contributed by atoms with E-state index in [2.05, 4.69) is 27.7 Å². The van der Waals surface area contributed by atoms with E-state index in [0.717, 1.165) is 38.5 Å². The summed E-state index contributed by atoms with van der Waals surface area (Å²) in [5, 5.41) is 18.5. The summed E-state index contributed by atoms with van der Waals surface area (Å²) >= 11 is 0. The maximum atomic E-state index is 9.26. The summed E-state index contributed by atoms with van der Waals surface area (Å²) in [6.45, 7) is 9.01. The molecule has 1 heterocycles. The first-order chi connectivity index (χ1) is 9.78. The van der Waals surface area contributed by atoms with E-state index in [-0.39, 0.29) is 24.0 Å². The molecule has 0 saturated carbocycles. The van der Waals surface area contributed by atoms with E-state index >= 15 is 0 Å². The third-order valence-electron chi connectivity index (χ3n) is 4.81. The van der Waals surface area contributed by atoms with Crippen LogP contribution in [-0.4, -0.2) is 35.6 Å². The van der Waals surface area contributed by atoms with Crippen LogP contribution in [0.3, 0.4) is 0 Å². The molecule has 2 atom stereocenters. The zero-order valence-corrected chi connectivity index (χ0v) is 14.5. The highest BCUT2D eigenvalue weighted by atomic mass is 16.5. The molecule has 0 bridgehead atoms. The first-order valence-corrected chi connectivity index (χ1v) is 8.65. The third-order valence-corrected chi connectivity index (χ3v) is 4.81. The van der Waals surface area contributed by atoms with Crippen molar-refractivity contribution in [1.29, 1.82) is 0 Å². The highest BCUT2D eigenvalue weighted by Gasteiger charge is 2.26. The Morgan fingerprint density at radius 1 is 0.810 bits per heavy atom. The summed E-state index contributed by atoms with van der Waals surface area (Å²) in [4.78, 5) is 0. The van der Waals surface area contributed by atoms with Gasteiger partial charge in [0.2, 0.25) is 0 Å². The van der Waals surface area contributed by atoms with Gasteiger partial charge in [-0.05, 0) is 49.4 Å². The van der Waals surface area contributed by atoms with Gasteiger partial charge in [-0.15, -0.1) is 0 Å². The molecule has 1 fully saturated rings. The van der Waals surface area contributed by atoms with Gasteiger partial charge >= 0.3 is 0 Å². The normalized spacial score (nSPS) is 23.7. The fraction of sp³-hybridized carbons (Fsp3) is 1.00. The molecule has 0 aromatic carbocycles. The quantitative estimate of drug-likeness (QED) is 0.643. The van der Waals surface area contributed by atoms with Crippen molar-refractivity contribution in [2.45, 2.75) is 91.3 Å². The van der Waals surface area contributed by atoms with Gasteiger partial charge in [-0.1, -0.05) is 40.5 Å². The SMILES string of the molecule is CC(C)(CO)CCC[C@H]1CC[C@H](CCCC(C)(C)CO)O1. The van der Waals surface area contributed by atoms with Gasteiger partial charge in [0.15, 0.2) is 0 Å². The first-order valence-electron chi connectivity index (χ1n) is 8.65. The number of hydrogen-bond donors (Lipinski definition) is 2. The summed E-state index contributed by atoms with van der Waals surface area (Å²) in [6.07, 6.45) is 9.90. The van der Waals surface area contributed by atoms with Crippen molar-refractivity contribution in [3.05, 3.63) is 0 Å². The molecule has 0 spiro atoms. The molecule has 126 valence electrons. The molecule has 3 heteroatoms. The predicted octanol–water partition coefficient (Wildman–Crippen LogP) is 3.91. The zero-order chi connectivity index (χ0) is 15.9. The Kier molecular flexibility index (Phi) is 7.66. The minimum absolute atomic E-state index is 0.0495. The number of aliphatic hydroxyl groups is 2.